The molecule has 0 aliphatic carbocycles. The summed E-state index contributed by atoms with van der Waals surface area (Å²) in [6.45, 7) is 3.34. The van der Waals surface area contributed by atoms with Crippen LogP contribution in [0.1, 0.15) is 18.9 Å². The van der Waals surface area contributed by atoms with E-state index >= 15 is 0 Å². The maximum atomic E-state index is 11.3. The molecule has 2 N–H and O–H groups in total. The van der Waals surface area contributed by atoms with Crippen LogP contribution in [-0.2, 0) is 6.42 Å². The summed E-state index contributed by atoms with van der Waals surface area (Å²) in [5.41, 5.74) is 2.77. The van der Waals surface area contributed by atoms with Crippen molar-refractivity contribution in [2.45, 2.75) is 19.8 Å². The number of rotatable bonds is 5. The summed E-state index contributed by atoms with van der Waals surface area (Å²) in [5.74, 6) is 0. The second kappa shape index (κ2) is 6.05. The first-order valence-corrected chi connectivity index (χ1v) is 6.13. The molecule has 2 amide bonds. The molecule has 0 aliphatic rings. The van der Waals surface area contributed by atoms with E-state index in [9.17, 15) is 4.79 Å². The van der Waals surface area contributed by atoms with Crippen molar-refractivity contribution < 1.29 is 9.21 Å². The number of aromatic nitrogens is 1. The molecule has 18 heavy (non-hydrogen) atoms. The van der Waals surface area contributed by atoms with Crippen LogP contribution in [0.2, 0.25) is 0 Å². The molecule has 0 aliphatic heterocycles. The first-order valence-electron chi connectivity index (χ1n) is 6.13. The number of carbonyl (C=O) groups excluding carboxylic acids is 1. The fourth-order valence-corrected chi connectivity index (χ4v) is 1.68. The number of nitrogens with zero attached hydrogens (tertiary/aromatic N) is 1. The minimum atomic E-state index is -0.112. The summed E-state index contributed by atoms with van der Waals surface area (Å²) in [7, 11) is 0. The molecular formula is C13H17N3O2. The van der Waals surface area contributed by atoms with Crippen molar-refractivity contribution in [1.29, 1.82) is 0 Å². The average molecular weight is 247 g/mol. The number of urea groups is 1. The molecule has 5 nitrogen and oxygen atoms in total. The first kappa shape index (κ1) is 12.4. The van der Waals surface area contributed by atoms with Crippen LogP contribution in [0.15, 0.2) is 29.0 Å². The minimum Gasteiger partial charge on any atom is -0.443 e. The molecular weight excluding hydrogens is 230 g/mol. The highest BCUT2D eigenvalue weighted by Crippen LogP contribution is 2.14. The van der Waals surface area contributed by atoms with E-state index in [1.807, 2.05) is 25.1 Å². The molecule has 2 rings (SSSR count). The molecule has 0 atom stereocenters. The van der Waals surface area contributed by atoms with Gasteiger partial charge in [-0.05, 0) is 30.5 Å². The van der Waals surface area contributed by atoms with Gasteiger partial charge in [0.25, 0.3) is 0 Å². The fourth-order valence-electron chi connectivity index (χ4n) is 1.68. The largest absolute Gasteiger partial charge is 0.443 e. The summed E-state index contributed by atoms with van der Waals surface area (Å²) in [6, 6.07) is 5.75. The fraction of sp³-hybridized carbons (Fsp3) is 0.385. The van der Waals surface area contributed by atoms with E-state index in [-0.39, 0.29) is 6.03 Å². The van der Waals surface area contributed by atoms with Gasteiger partial charge in [-0.2, -0.15) is 0 Å². The van der Waals surface area contributed by atoms with E-state index in [4.69, 9.17) is 4.42 Å². The predicted molar refractivity (Wildman–Crippen MR) is 69.4 cm³/mol. The van der Waals surface area contributed by atoms with Gasteiger partial charge in [0.1, 0.15) is 5.52 Å². The van der Waals surface area contributed by atoms with Crippen LogP contribution in [0, 0.1) is 0 Å². The Morgan fingerprint density at radius 3 is 3.00 bits per heavy atom. The second-order valence-corrected chi connectivity index (χ2v) is 4.09. The van der Waals surface area contributed by atoms with Gasteiger partial charge in [-0.15, -0.1) is 0 Å². The van der Waals surface area contributed by atoms with Gasteiger partial charge >= 0.3 is 6.03 Å². The Morgan fingerprint density at radius 1 is 1.33 bits per heavy atom. The number of hydrogen-bond acceptors (Lipinski definition) is 3. The highest BCUT2D eigenvalue weighted by atomic mass is 16.3. The topological polar surface area (TPSA) is 67.2 Å². The summed E-state index contributed by atoms with van der Waals surface area (Å²) in [6.07, 6.45) is 3.16. The van der Waals surface area contributed by atoms with Crippen LogP contribution in [0.5, 0.6) is 0 Å². The second-order valence-electron chi connectivity index (χ2n) is 4.09. The zero-order chi connectivity index (χ0) is 12.8. The minimum absolute atomic E-state index is 0.112. The Morgan fingerprint density at radius 2 is 2.17 bits per heavy atom. The number of benzene rings is 1. The molecule has 0 saturated heterocycles. The van der Waals surface area contributed by atoms with Crippen LogP contribution < -0.4 is 10.6 Å². The lowest BCUT2D eigenvalue weighted by Crippen LogP contribution is -2.36. The van der Waals surface area contributed by atoms with Gasteiger partial charge in [-0.3, -0.25) is 0 Å². The van der Waals surface area contributed by atoms with Gasteiger partial charge in [-0.25, -0.2) is 9.78 Å². The van der Waals surface area contributed by atoms with Crippen LogP contribution >= 0.6 is 0 Å². The average Bonchev–Trinajstić information content (AvgIpc) is 2.83. The van der Waals surface area contributed by atoms with Crippen molar-refractivity contribution in [3.8, 4) is 0 Å². The Kier molecular flexibility index (Phi) is 4.17. The number of hydrogen-bond donors (Lipinski definition) is 2. The Labute approximate surface area is 106 Å². The lowest BCUT2D eigenvalue weighted by molar-refractivity contribution is 0.241. The molecule has 0 fully saturated rings. The van der Waals surface area contributed by atoms with Gasteiger partial charge in [-0.1, -0.05) is 13.0 Å². The lowest BCUT2D eigenvalue weighted by Gasteiger charge is -2.06. The molecule has 0 bridgehead atoms. The molecule has 1 aromatic heterocycles. The maximum Gasteiger partial charge on any atom is 0.314 e. The molecule has 1 aromatic carbocycles. The summed E-state index contributed by atoms with van der Waals surface area (Å²) in [5, 5.41) is 5.58. The molecule has 0 saturated carbocycles. The quantitative estimate of drug-likeness (QED) is 0.850. The van der Waals surface area contributed by atoms with Crippen molar-refractivity contribution in [1.82, 2.24) is 15.6 Å². The number of fused-ring (bicyclic) bond motifs is 1. The number of nitrogens with one attached hydrogen (secondary N) is 2. The summed E-state index contributed by atoms with van der Waals surface area (Å²) < 4.78 is 5.17. The van der Waals surface area contributed by atoms with Gasteiger partial charge < -0.3 is 15.1 Å². The van der Waals surface area contributed by atoms with E-state index in [0.29, 0.717) is 13.1 Å². The maximum absolute atomic E-state index is 11.3. The third-order valence-electron chi connectivity index (χ3n) is 2.63. The zero-order valence-corrected chi connectivity index (χ0v) is 10.4. The monoisotopic (exact) mass is 247 g/mol. The van der Waals surface area contributed by atoms with Crippen LogP contribution in [0.3, 0.4) is 0 Å². The van der Waals surface area contributed by atoms with Crippen LogP contribution in [0.4, 0.5) is 4.79 Å². The van der Waals surface area contributed by atoms with E-state index in [1.54, 1.807) is 0 Å². The molecule has 5 heteroatoms. The molecule has 0 unspecified atom stereocenters. The third-order valence-corrected chi connectivity index (χ3v) is 2.63. The Bertz CT molecular complexity index is 522. The molecule has 0 radical (unpaired) electrons. The number of carbonyl (C=O) groups is 1. The standard InChI is InChI=1S/C13H17N3O2/c1-2-6-14-13(17)15-7-5-10-3-4-12-11(8-10)16-9-18-12/h3-4,8-9H,2,5-7H2,1H3,(H2,14,15,17). The molecule has 2 aromatic rings. The number of amides is 2. The molecule has 96 valence electrons. The van der Waals surface area contributed by atoms with E-state index in [2.05, 4.69) is 15.6 Å². The third kappa shape index (κ3) is 3.23. The Balaban J connectivity index is 1.81. The van der Waals surface area contributed by atoms with Crippen LogP contribution in [-0.4, -0.2) is 24.1 Å². The molecule has 1 heterocycles. The number of oxazole rings is 1. The van der Waals surface area contributed by atoms with Gasteiger partial charge in [0, 0.05) is 13.1 Å². The predicted octanol–water partition coefficient (Wildman–Crippen LogP) is 2.08. The highest BCUT2D eigenvalue weighted by Gasteiger charge is 2.01. The smallest absolute Gasteiger partial charge is 0.314 e. The van der Waals surface area contributed by atoms with Gasteiger partial charge in [0.2, 0.25) is 0 Å². The summed E-state index contributed by atoms with van der Waals surface area (Å²) >= 11 is 0. The van der Waals surface area contributed by atoms with Crippen molar-refractivity contribution in [2.75, 3.05) is 13.1 Å². The normalized spacial score (nSPS) is 10.5. The van der Waals surface area contributed by atoms with Crippen molar-refractivity contribution >= 4 is 17.1 Å². The van der Waals surface area contributed by atoms with Crippen molar-refractivity contribution in [3.63, 3.8) is 0 Å². The van der Waals surface area contributed by atoms with E-state index in [1.165, 1.54) is 6.39 Å². The summed E-state index contributed by atoms with van der Waals surface area (Å²) in [4.78, 5) is 15.4. The van der Waals surface area contributed by atoms with E-state index < -0.39 is 0 Å². The molecule has 0 spiro atoms. The SMILES string of the molecule is CCCNC(=O)NCCc1ccc2ocnc2c1. The highest BCUT2D eigenvalue weighted by molar-refractivity contribution is 5.74. The van der Waals surface area contributed by atoms with Gasteiger partial charge in [0.05, 0.1) is 0 Å². The van der Waals surface area contributed by atoms with Crippen LogP contribution in [0.25, 0.3) is 11.1 Å². The van der Waals surface area contributed by atoms with Crippen molar-refractivity contribution in [3.05, 3.63) is 30.2 Å². The van der Waals surface area contributed by atoms with E-state index in [0.717, 1.165) is 29.5 Å². The first-order chi connectivity index (χ1) is 8.79. The van der Waals surface area contributed by atoms with Crippen molar-refractivity contribution in [2.24, 2.45) is 0 Å². The Hall–Kier alpha value is -2.04. The zero-order valence-electron chi connectivity index (χ0n) is 10.4. The lowest BCUT2D eigenvalue weighted by atomic mass is 10.1. The van der Waals surface area contributed by atoms with Gasteiger partial charge in [0.15, 0.2) is 12.0 Å².